The van der Waals surface area contributed by atoms with Gasteiger partial charge in [-0.3, -0.25) is 14.5 Å². The number of piperidine rings is 1. The molecule has 3 N–H and O–H groups in total. The number of anilines is 1. The lowest BCUT2D eigenvalue weighted by Crippen LogP contribution is -2.69. The molecule has 38 heavy (non-hydrogen) atoms. The number of nitrogens with one attached hydrogen (secondary N) is 2. The van der Waals surface area contributed by atoms with E-state index in [1.54, 1.807) is 13.2 Å². The minimum Gasteiger partial charge on any atom is -0.508 e. The second-order valence-corrected chi connectivity index (χ2v) is 11.8. The van der Waals surface area contributed by atoms with E-state index >= 15 is 0 Å². The average molecular weight is 518 g/mol. The van der Waals surface area contributed by atoms with Crippen LogP contribution in [0.3, 0.4) is 0 Å². The zero-order valence-electron chi connectivity index (χ0n) is 21.7. The van der Waals surface area contributed by atoms with Crippen molar-refractivity contribution in [3.05, 3.63) is 47.0 Å². The van der Waals surface area contributed by atoms with Crippen molar-refractivity contribution in [2.75, 3.05) is 25.5 Å². The topological polar surface area (TPSA) is 100 Å². The lowest BCUT2D eigenvalue weighted by atomic mass is 9.51. The highest BCUT2D eigenvalue weighted by Gasteiger charge is 2.66. The van der Waals surface area contributed by atoms with Crippen LogP contribution in [0.15, 0.2) is 30.3 Å². The highest BCUT2D eigenvalue weighted by molar-refractivity contribution is 5.82. The molecule has 2 aromatic rings. The maximum atomic E-state index is 13.2. The normalized spacial score (nSPS) is 30.7. The predicted octanol–water partition coefficient (Wildman–Crippen LogP) is 3.15. The fraction of sp³-hybridized carbons (Fsp3) is 0.533. The zero-order chi connectivity index (χ0) is 26.0. The van der Waals surface area contributed by atoms with E-state index in [2.05, 4.69) is 15.5 Å². The predicted molar refractivity (Wildman–Crippen MR) is 142 cm³/mol. The van der Waals surface area contributed by atoms with Crippen LogP contribution in [0.25, 0.3) is 0 Å². The molecular formula is C30H35N3O5. The summed E-state index contributed by atoms with van der Waals surface area (Å²) in [6, 6.07) is 9.44. The standard InChI is InChI=1S/C30H35N3O5/c1-37-19-6-4-17(5-7-19)12-26(36)32-22-9-8-21-24-13-20-25(35)14-23(31-16-34)28-27(20)30(21,29(22)38-28)10-11-33(24)15-18-2-3-18/h4-7,14,16,18,21-22,24,29,35H,2-3,8-13,15H2,1H3,(H,31,34)(H,32,36)/t21-,22+,24+,29-,30-/m0/s1. The summed E-state index contributed by atoms with van der Waals surface area (Å²) in [6.45, 7) is 2.13. The molecule has 1 saturated heterocycles. The van der Waals surface area contributed by atoms with E-state index in [4.69, 9.17) is 9.47 Å². The molecule has 5 atom stereocenters. The van der Waals surface area contributed by atoms with Crippen LogP contribution >= 0.6 is 0 Å². The van der Waals surface area contributed by atoms with E-state index in [-0.39, 0.29) is 29.2 Å². The van der Waals surface area contributed by atoms with E-state index in [1.165, 1.54) is 12.8 Å². The number of carbonyl (C=O) groups is 2. The van der Waals surface area contributed by atoms with Gasteiger partial charge in [0.25, 0.3) is 0 Å². The monoisotopic (exact) mass is 517 g/mol. The molecule has 8 nitrogen and oxygen atoms in total. The maximum absolute atomic E-state index is 13.2. The second-order valence-electron chi connectivity index (χ2n) is 11.8. The molecule has 5 aliphatic rings. The van der Waals surface area contributed by atoms with Crippen LogP contribution in [0.4, 0.5) is 5.69 Å². The summed E-state index contributed by atoms with van der Waals surface area (Å²) < 4.78 is 12.0. The maximum Gasteiger partial charge on any atom is 0.224 e. The molecule has 2 bridgehead atoms. The van der Waals surface area contributed by atoms with Crippen LogP contribution < -0.4 is 20.1 Å². The van der Waals surface area contributed by atoms with Crippen LogP contribution in [-0.4, -0.2) is 60.7 Å². The van der Waals surface area contributed by atoms with Crippen molar-refractivity contribution in [1.29, 1.82) is 0 Å². The SMILES string of the molecule is COc1ccc(CC(=O)N[C@@H]2CC[C@H]3[C@H]4Cc5c(O)cc(NC=O)c6c5[C@@]3(CCN4CC3CC3)[C@H]2O6)cc1. The number of carbonyl (C=O) groups excluding carboxylic acids is 2. The molecule has 0 radical (unpaired) electrons. The fourth-order valence-electron chi connectivity index (χ4n) is 8.07. The number of hydrogen-bond donors (Lipinski definition) is 3. The third-order valence-corrected chi connectivity index (χ3v) is 9.83. The second kappa shape index (κ2) is 8.90. The number of ether oxygens (including phenoxy) is 2. The summed E-state index contributed by atoms with van der Waals surface area (Å²) in [5.74, 6) is 2.86. The molecule has 3 fully saturated rings. The van der Waals surface area contributed by atoms with E-state index < -0.39 is 0 Å². The Morgan fingerprint density at radius 2 is 2.05 bits per heavy atom. The van der Waals surface area contributed by atoms with Crippen LogP contribution in [-0.2, 0) is 27.8 Å². The molecule has 200 valence electrons. The number of methoxy groups -OCH3 is 1. The molecular weight excluding hydrogens is 482 g/mol. The summed E-state index contributed by atoms with van der Waals surface area (Å²) in [7, 11) is 1.63. The fourth-order valence-corrected chi connectivity index (χ4v) is 8.07. The molecule has 2 aliphatic heterocycles. The number of benzene rings is 2. The van der Waals surface area contributed by atoms with E-state index in [0.717, 1.165) is 67.1 Å². The number of nitrogens with zero attached hydrogens (tertiary/aromatic N) is 1. The van der Waals surface area contributed by atoms with Gasteiger partial charge in [-0.15, -0.1) is 0 Å². The molecule has 2 amide bonds. The largest absolute Gasteiger partial charge is 0.508 e. The van der Waals surface area contributed by atoms with Gasteiger partial charge in [0.2, 0.25) is 12.3 Å². The zero-order valence-corrected chi connectivity index (χ0v) is 21.7. The smallest absolute Gasteiger partial charge is 0.224 e. The van der Waals surface area contributed by atoms with Crippen molar-refractivity contribution < 1.29 is 24.2 Å². The van der Waals surface area contributed by atoms with Crippen molar-refractivity contribution in [2.45, 2.75) is 68.5 Å². The van der Waals surface area contributed by atoms with E-state index in [9.17, 15) is 14.7 Å². The summed E-state index contributed by atoms with van der Waals surface area (Å²) >= 11 is 0. The van der Waals surface area contributed by atoms with Crippen molar-refractivity contribution in [2.24, 2.45) is 11.8 Å². The molecule has 0 aromatic heterocycles. The van der Waals surface area contributed by atoms with Gasteiger partial charge in [-0.05, 0) is 74.6 Å². The first-order valence-corrected chi connectivity index (χ1v) is 13.9. The minimum absolute atomic E-state index is 0.0255. The number of amides is 2. The molecule has 8 heteroatoms. The Bertz CT molecular complexity index is 1280. The number of rotatable bonds is 8. The summed E-state index contributed by atoms with van der Waals surface area (Å²) in [6.07, 6.45) is 6.93. The number of phenols is 1. The Morgan fingerprint density at radius 3 is 2.79 bits per heavy atom. The van der Waals surface area contributed by atoms with Gasteiger partial charge in [0, 0.05) is 35.2 Å². The third-order valence-electron chi connectivity index (χ3n) is 9.83. The number of aromatic hydroxyl groups is 1. The van der Waals surface area contributed by atoms with Crippen LogP contribution in [0.5, 0.6) is 17.2 Å². The van der Waals surface area contributed by atoms with E-state index in [0.29, 0.717) is 36.2 Å². The average Bonchev–Trinajstić information content (AvgIpc) is 3.66. The number of phenolic OH excluding ortho intramolecular Hbond substituents is 1. The van der Waals surface area contributed by atoms with Gasteiger partial charge in [0.15, 0.2) is 0 Å². The van der Waals surface area contributed by atoms with Gasteiger partial charge >= 0.3 is 0 Å². The van der Waals surface area contributed by atoms with E-state index in [1.807, 2.05) is 24.3 Å². The van der Waals surface area contributed by atoms with Crippen molar-refractivity contribution in [3.63, 3.8) is 0 Å². The van der Waals surface area contributed by atoms with Gasteiger partial charge in [-0.2, -0.15) is 0 Å². The molecule has 2 heterocycles. The highest BCUT2D eigenvalue weighted by atomic mass is 16.5. The lowest BCUT2D eigenvalue weighted by molar-refractivity contribution is -0.124. The van der Waals surface area contributed by atoms with Crippen molar-refractivity contribution in [3.8, 4) is 17.2 Å². The minimum atomic E-state index is -0.276. The van der Waals surface area contributed by atoms with Gasteiger partial charge in [0.1, 0.15) is 23.4 Å². The Hall–Kier alpha value is -3.26. The van der Waals surface area contributed by atoms with Crippen molar-refractivity contribution in [1.82, 2.24) is 10.2 Å². The quantitative estimate of drug-likeness (QED) is 0.466. The highest BCUT2D eigenvalue weighted by Crippen LogP contribution is 2.65. The van der Waals surface area contributed by atoms with Crippen LogP contribution in [0.2, 0.25) is 0 Å². The Labute approximate surface area is 222 Å². The third kappa shape index (κ3) is 3.60. The van der Waals surface area contributed by atoms with Crippen LogP contribution in [0.1, 0.15) is 48.8 Å². The first kappa shape index (κ1) is 23.8. The van der Waals surface area contributed by atoms with Crippen LogP contribution in [0, 0.1) is 11.8 Å². The van der Waals surface area contributed by atoms with Gasteiger partial charge < -0.3 is 25.2 Å². The Balaban J connectivity index is 1.22. The molecule has 2 aromatic carbocycles. The van der Waals surface area contributed by atoms with Crippen molar-refractivity contribution >= 4 is 18.0 Å². The summed E-state index contributed by atoms with van der Waals surface area (Å²) in [5.41, 5.74) is 3.21. The van der Waals surface area contributed by atoms with Gasteiger partial charge in [-0.25, -0.2) is 0 Å². The molecule has 3 aliphatic carbocycles. The molecule has 2 saturated carbocycles. The Morgan fingerprint density at radius 1 is 1.24 bits per heavy atom. The summed E-state index contributed by atoms with van der Waals surface area (Å²) in [4.78, 5) is 27.3. The van der Waals surface area contributed by atoms with Gasteiger partial charge in [0.05, 0.1) is 25.3 Å². The lowest BCUT2D eigenvalue weighted by Gasteiger charge is -2.59. The number of likely N-dealkylation sites (tertiary alicyclic amines) is 1. The first-order valence-electron chi connectivity index (χ1n) is 13.9. The molecule has 7 rings (SSSR count). The van der Waals surface area contributed by atoms with Gasteiger partial charge in [-0.1, -0.05) is 12.1 Å². The molecule has 0 unspecified atom stereocenters. The molecule has 1 spiro atoms. The number of hydrogen-bond acceptors (Lipinski definition) is 6. The first-order chi connectivity index (χ1) is 18.5. The summed E-state index contributed by atoms with van der Waals surface area (Å²) in [5, 5.41) is 17.2. The Kier molecular flexibility index (Phi) is 5.58.